The summed E-state index contributed by atoms with van der Waals surface area (Å²) in [7, 11) is 0. The molecule has 106 valence electrons. The number of hydrogen-bond donors (Lipinski definition) is 1. The zero-order chi connectivity index (χ0) is 14.4. The van der Waals surface area contributed by atoms with Crippen molar-refractivity contribution in [3.63, 3.8) is 0 Å². The van der Waals surface area contributed by atoms with Gasteiger partial charge in [0.1, 0.15) is 17.2 Å². The van der Waals surface area contributed by atoms with Crippen molar-refractivity contribution in [2.45, 2.75) is 13.8 Å². The van der Waals surface area contributed by atoms with Crippen LogP contribution in [0.5, 0.6) is 17.2 Å². The van der Waals surface area contributed by atoms with Gasteiger partial charge in [-0.2, -0.15) is 0 Å². The number of benzene rings is 2. The van der Waals surface area contributed by atoms with E-state index in [-0.39, 0.29) is 5.41 Å². The molecule has 0 unspecified atom stereocenters. The van der Waals surface area contributed by atoms with Crippen LogP contribution in [0.1, 0.15) is 13.8 Å². The molecule has 3 heteroatoms. The normalized spacial score (nSPS) is 11.2. The SMILES string of the molecule is CC(C)(CN)COc1ccc(Oc2ccccc2)cc1. The van der Waals surface area contributed by atoms with Crippen LogP contribution >= 0.6 is 0 Å². The van der Waals surface area contributed by atoms with Crippen molar-refractivity contribution in [1.29, 1.82) is 0 Å². The van der Waals surface area contributed by atoms with Crippen LogP contribution in [-0.2, 0) is 0 Å². The highest BCUT2D eigenvalue weighted by molar-refractivity contribution is 5.35. The minimum absolute atomic E-state index is 0.0147. The Morgan fingerprint density at radius 1 is 0.850 bits per heavy atom. The molecular formula is C17H21NO2. The molecule has 0 fully saturated rings. The Balaban J connectivity index is 1.93. The summed E-state index contributed by atoms with van der Waals surface area (Å²) < 4.78 is 11.5. The molecular weight excluding hydrogens is 250 g/mol. The zero-order valence-corrected chi connectivity index (χ0v) is 12.0. The van der Waals surface area contributed by atoms with E-state index in [9.17, 15) is 0 Å². The van der Waals surface area contributed by atoms with Crippen molar-refractivity contribution in [3.8, 4) is 17.2 Å². The van der Waals surface area contributed by atoms with E-state index in [0.29, 0.717) is 13.2 Å². The summed E-state index contributed by atoms with van der Waals surface area (Å²) in [5.74, 6) is 2.44. The molecule has 0 bridgehead atoms. The van der Waals surface area contributed by atoms with Gasteiger partial charge in [0.15, 0.2) is 0 Å². The van der Waals surface area contributed by atoms with Gasteiger partial charge in [-0.05, 0) is 36.4 Å². The Bertz CT molecular complexity index is 520. The van der Waals surface area contributed by atoms with Gasteiger partial charge in [0.2, 0.25) is 0 Å². The fourth-order valence-electron chi connectivity index (χ4n) is 1.57. The van der Waals surface area contributed by atoms with Crippen molar-refractivity contribution < 1.29 is 9.47 Å². The van der Waals surface area contributed by atoms with E-state index in [1.807, 2.05) is 54.6 Å². The maximum Gasteiger partial charge on any atom is 0.127 e. The maximum atomic E-state index is 5.73. The van der Waals surface area contributed by atoms with Gasteiger partial charge in [-0.25, -0.2) is 0 Å². The summed E-state index contributed by atoms with van der Waals surface area (Å²) in [5, 5.41) is 0. The maximum absolute atomic E-state index is 5.73. The first kappa shape index (κ1) is 14.4. The molecule has 0 radical (unpaired) electrons. The second-order valence-corrected chi connectivity index (χ2v) is 5.54. The predicted molar refractivity (Wildman–Crippen MR) is 81.3 cm³/mol. The van der Waals surface area contributed by atoms with Crippen LogP contribution in [0.2, 0.25) is 0 Å². The summed E-state index contributed by atoms with van der Waals surface area (Å²) in [6.45, 7) is 5.37. The highest BCUT2D eigenvalue weighted by Gasteiger charge is 2.16. The third-order valence-corrected chi connectivity index (χ3v) is 2.98. The molecule has 0 aliphatic heterocycles. The standard InChI is InChI=1S/C17H21NO2/c1-17(2,12-18)13-19-14-8-10-16(11-9-14)20-15-6-4-3-5-7-15/h3-11H,12-13,18H2,1-2H3. The highest BCUT2D eigenvalue weighted by atomic mass is 16.5. The Labute approximate surface area is 120 Å². The van der Waals surface area contributed by atoms with E-state index in [0.717, 1.165) is 17.2 Å². The average Bonchev–Trinajstić information content (AvgIpc) is 2.48. The molecule has 0 amide bonds. The molecule has 2 rings (SSSR count). The Hall–Kier alpha value is -2.00. The van der Waals surface area contributed by atoms with Gasteiger partial charge in [0.05, 0.1) is 6.61 Å². The van der Waals surface area contributed by atoms with Gasteiger partial charge in [0, 0.05) is 12.0 Å². The molecule has 2 aromatic carbocycles. The van der Waals surface area contributed by atoms with Crippen LogP contribution in [-0.4, -0.2) is 13.2 Å². The van der Waals surface area contributed by atoms with E-state index >= 15 is 0 Å². The summed E-state index contributed by atoms with van der Waals surface area (Å²) >= 11 is 0. The summed E-state index contributed by atoms with van der Waals surface area (Å²) in [5.41, 5.74) is 5.67. The Morgan fingerprint density at radius 2 is 1.40 bits per heavy atom. The lowest BCUT2D eigenvalue weighted by Gasteiger charge is -2.22. The molecule has 0 aliphatic carbocycles. The molecule has 0 spiro atoms. The van der Waals surface area contributed by atoms with E-state index in [1.165, 1.54) is 0 Å². The number of rotatable bonds is 6. The molecule has 0 atom stereocenters. The average molecular weight is 271 g/mol. The van der Waals surface area contributed by atoms with E-state index in [4.69, 9.17) is 15.2 Å². The van der Waals surface area contributed by atoms with Crippen molar-refractivity contribution in [2.75, 3.05) is 13.2 Å². The summed E-state index contributed by atoms with van der Waals surface area (Å²) in [6.07, 6.45) is 0. The van der Waals surface area contributed by atoms with Gasteiger partial charge < -0.3 is 15.2 Å². The summed E-state index contributed by atoms with van der Waals surface area (Å²) in [6, 6.07) is 17.3. The van der Waals surface area contributed by atoms with Crippen molar-refractivity contribution in [3.05, 3.63) is 54.6 Å². The van der Waals surface area contributed by atoms with E-state index in [2.05, 4.69) is 13.8 Å². The lowest BCUT2D eigenvalue weighted by atomic mass is 9.95. The third kappa shape index (κ3) is 4.28. The van der Waals surface area contributed by atoms with Crippen molar-refractivity contribution in [1.82, 2.24) is 0 Å². The van der Waals surface area contributed by atoms with E-state index in [1.54, 1.807) is 0 Å². The lowest BCUT2D eigenvalue weighted by molar-refractivity contribution is 0.187. The zero-order valence-electron chi connectivity index (χ0n) is 12.0. The molecule has 0 aromatic heterocycles. The van der Waals surface area contributed by atoms with Crippen molar-refractivity contribution in [2.24, 2.45) is 11.1 Å². The molecule has 0 saturated heterocycles. The van der Waals surface area contributed by atoms with Crippen LogP contribution < -0.4 is 15.2 Å². The first-order valence-electron chi connectivity index (χ1n) is 6.75. The Kier molecular flexibility index (Phi) is 4.64. The number of para-hydroxylation sites is 1. The molecule has 20 heavy (non-hydrogen) atoms. The second-order valence-electron chi connectivity index (χ2n) is 5.54. The van der Waals surface area contributed by atoms with Crippen LogP contribution in [0.4, 0.5) is 0 Å². The van der Waals surface area contributed by atoms with Crippen LogP contribution in [0.15, 0.2) is 54.6 Å². The quantitative estimate of drug-likeness (QED) is 0.868. The van der Waals surface area contributed by atoms with Crippen LogP contribution in [0, 0.1) is 5.41 Å². The lowest BCUT2D eigenvalue weighted by Crippen LogP contribution is -2.30. The van der Waals surface area contributed by atoms with Gasteiger partial charge in [0.25, 0.3) is 0 Å². The topological polar surface area (TPSA) is 44.5 Å². The monoisotopic (exact) mass is 271 g/mol. The minimum Gasteiger partial charge on any atom is -0.493 e. The Morgan fingerprint density at radius 3 is 2.00 bits per heavy atom. The van der Waals surface area contributed by atoms with Crippen molar-refractivity contribution >= 4 is 0 Å². The molecule has 2 N–H and O–H groups in total. The first-order chi connectivity index (χ1) is 9.59. The fraction of sp³-hybridized carbons (Fsp3) is 0.294. The van der Waals surface area contributed by atoms with Crippen LogP contribution in [0.3, 0.4) is 0 Å². The van der Waals surface area contributed by atoms with Gasteiger partial charge >= 0.3 is 0 Å². The number of nitrogens with two attached hydrogens (primary N) is 1. The second kappa shape index (κ2) is 6.44. The first-order valence-corrected chi connectivity index (χ1v) is 6.75. The fourth-order valence-corrected chi connectivity index (χ4v) is 1.57. The number of hydrogen-bond acceptors (Lipinski definition) is 3. The molecule has 0 aliphatic rings. The van der Waals surface area contributed by atoms with Gasteiger partial charge in [-0.15, -0.1) is 0 Å². The largest absolute Gasteiger partial charge is 0.493 e. The number of ether oxygens (including phenoxy) is 2. The molecule has 2 aromatic rings. The molecule has 0 saturated carbocycles. The predicted octanol–water partition coefficient (Wildman–Crippen LogP) is 3.84. The van der Waals surface area contributed by atoms with Gasteiger partial charge in [-0.1, -0.05) is 32.0 Å². The third-order valence-electron chi connectivity index (χ3n) is 2.98. The smallest absolute Gasteiger partial charge is 0.127 e. The minimum atomic E-state index is -0.0147. The summed E-state index contributed by atoms with van der Waals surface area (Å²) in [4.78, 5) is 0. The van der Waals surface area contributed by atoms with E-state index < -0.39 is 0 Å². The van der Waals surface area contributed by atoms with Gasteiger partial charge in [-0.3, -0.25) is 0 Å². The highest BCUT2D eigenvalue weighted by Crippen LogP contribution is 2.24. The van der Waals surface area contributed by atoms with Crippen LogP contribution in [0.25, 0.3) is 0 Å². The molecule has 3 nitrogen and oxygen atoms in total. The molecule has 0 heterocycles.